The predicted octanol–water partition coefficient (Wildman–Crippen LogP) is 0.171. The van der Waals surface area contributed by atoms with Gasteiger partial charge in [-0.15, -0.1) is 0 Å². The molecule has 5 nitrogen and oxygen atoms in total. The second kappa shape index (κ2) is 4.26. The molecule has 0 aromatic heterocycles. The summed E-state index contributed by atoms with van der Waals surface area (Å²) in [7, 11) is -1.96. The van der Waals surface area contributed by atoms with E-state index < -0.39 is 16.3 Å². The molecule has 1 unspecified atom stereocenters. The van der Waals surface area contributed by atoms with E-state index in [-0.39, 0.29) is 0 Å². The summed E-state index contributed by atoms with van der Waals surface area (Å²) in [5, 5.41) is 8.64. The molecule has 0 radical (unpaired) electrons. The van der Waals surface area contributed by atoms with Gasteiger partial charge in [0, 0.05) is 20.1 Å². The third kappa shape index (κ3) is 2.05. The van der Waals surface area contributed by atoms with E-state index in [0.717, 1.165) is 17.1 Å². The van der Waals surface area contributed by atoms with Gasteiger partial charge < -0.3 is 0 Å². The van der Waals surface area contributed by atoms with Crippen LogP contribution in [0.4, 0.5) is 0 Å². The van der Waals surface area contributed by atoms with Gasteiger partial charge in [-0.25, -0.2) is 0 Å². The molecule has 6 heteroatoms. The molecule has 1 saturated heterocycles. The monoisotopic (exact) mass is 217 g/mol. The minimum Gasteiger partial charge on any atom is -0.197 e. The molecule has 0 amide bonds. The normalized spacial score (nSPS) is 21.0. The van der Waals surface area contributed by atoms with Crippen molar-refractivity contribution >= 4 is 10.2 Å². The zero-order valence-electron chi connectivity index (χ0n) is 8.47. The maximum Gasteiger partial charge on any atom is 0.282 e. The standard InChI is InChI=1S/C8H15N3O2S/c1-8(7-9)10(2)14(12,13)11-5-3-4-6-11/h8H,3-6H2,1-2H3. The van der Waals surface area contributed by atoms with Crippen LogP contribution in [-0.4, -0.2) is 43.2 Å². The van der Waals surface area contributed by atoms with Crippen LogP contribution in [0, 0.1) is 11.3 Å². The van der Waals surface area contributed by atoms with Crippen molar-refractivity contribution in [1.82, 2.24) is 8.61 Å². The van der Waals surface area contributed by atoms with Crippen molar-refractivity contribution in [1.29, 1.82) is 5.26 Å². The first-order chi connectivity index (χ1) is 6.50. The highest BCUT2D eigenvalue weighted by atomic mass is 32.2. The Morgan fingerprint density at radius 1 is 1.43 bits per heavy atom. The molecule has 1 fully saturated rings. The zero-order chi connectivity index (χ0) is 10.8. The first-order valence-corrected chi connectivity index (χ1v) is 6.02. The van der Waals surface area contributed by atoms with Gasteiger partial charge in [0.05, 0.1) is 6.07 Å². The van der Waals surface area contributed by atoms with Gasteiger partial charge in [0.1, 0.15) is 6.04 Å². The fourth-order valence-corrected chi connectivity index (χ4v) is 2.91. The Balaban J connectivity index is 2.79. The lowest BCUT2D eigenvalue weighted by atomic mass is 10.4. The van der Waals surface area contributed by atoms with Crippen LogP contribution in [-0.2, 0) is 10.2 Å². The zero-order valence-corrected chi connectivity index (χ0v) is 9.29. The Kier molecular flexibility index (Phi) is 3.48. The Bertz CT molecular complexity index is 327. The molecule has 0 aliphatic carbocycles. The van der Waals surface area contributed by atoms with Crippen LogP contribution in [0.15, 0.2) is 0 Å². The van der Waals surface area contributed by atoms with Gasteiger partial charge in [0.15, 0.2) is 0 Å². The van der Waals surface area contributed by atoms with Gasteiger partial charge >= 0.3 is 0 Å². The molecule has 0 saturated carbocycles. The van der Waals surface area contributed by atoms with Crippen molar-refractivity contribution < 1.29 is 8.42 Å². The number of nitrogens with zero attached hydrogens (tertiary/aromatic N) is 3. The van der Waals surface area contributed by atoms with Crippen LogP contribution in [0.1, 0.15) is 19.8 Å². The molecule has 14 heavy (non-hydrogen) atoms. The summed E-state index contributed by atoms with van der Waals surface area (Å²) in [4.78, 5) is 0. The van der Waals surface area contributed by atoms with Crippen molar-refractivity contribution in [3.63, 3.8) is 0 Å². The number of hydrogen-bond acceptors (Lipinski definition) is 3. The summed E-state index contributed by atoms with van der Waals surface area (Å²) in [6.45, 7) is 2.73. The van der Waals surface area contributed by atoms with Crippen LogP contribution < -0.4 is 0 Å². The summed E-state index contributed by atoms with van der Waals surface area (Å²) in [5.41, 5.74) is 0. The van der Waals surface area contributed by atoms with Crippen LogP contribution >= 0.6 is 0 Å². The predicted molar refractivity (Wildman–Crippen MR) is 52.6 cm³/mol. The van der Waals surface area contributed by atoms with Gasteiger partial charge in [-0.2, -0.15) is 22.3 Å². The SMILES string of the molecule is CC(C#N)N(C)S(=O)(=O)N1CCCC1. The minimum absolute atomic E-state index is 0.574. The average molecular weight is 217 g/mol. The molecule has 1 heterocycles. The van der Waals surface area contributed by atoms with E-state index >= 15 is 0 Å². The molecule has 1 aliphatic rings. The van der Waals surface area contributed by atoms with Crippen molar-refractivity contribution in [2.75, 3.05) is 20.1 Å². The minimum atomic E-state index is -3.41. The van der Waals surface area contributed by atoms with Crippen LogP contribution in [0.3, 0.4) is 0 Å². The fraction of sp³-hybridized carbons (Fsp3) is 0.875. The Hall–Kier alpha value is -0.640. The van der Waals surface area contributed by atoms with Crippen LogP contribution in [0.25, 0.3) is 0 Å². The molecule has 1 rings (SSSR count). The molecule has 1 atom stereocenters. The molecule has 0 aromatic rings. The third-order valence-electron chi connectivity index (χ3n) is 2.49. The second-order valence-corrected chi connectivity index (χ2v) is 5.42. The van der Waals surface area contributed by atoms with E-state index in [1.807, 2.05) is 6.07 Å². The summed E-state index contributed by atoms with van der Waals surface area (Å²) < 4.78 is 26.2. The van der Waals surface area contributed by atoms with Crippen molar-refractivity contribution in [3.05, 3.63) is 0 Å². The Morgan fingerprint density at radius 2 is 1.93 bits per heavy atom. The summed E-state index contributed by atoms with van der Waals surface area (Å²) in [5.74, 6) is 0. The largest absolute Gasteiger partial charge is 0.282 e. The molecular formula is C8H15N3O2S. The van der Waals surface area contributed by atoms with E-state index in [1.54, 1.807) is 6.92 Å². The molecule has 0 N–H and O–H groups in total. The second-order valence-electron chi connectivity index (χ2n) is 3.44. The fourth-order valence-electron chi connectivity index (χ4n) is 1.38. The number of rotatable bonds is 3. The van der Waals surface area contributed by atoms with Gasteiger partial charge in [-0.05, 0) is 19.8 Å². The lowest BCUT2D eigenvalue weighted by Gasteiger charge is -2.24. The molecule has 80 valence electrons. The van der Waals surface area contributed by atoms with Crippen molar-refractivity contribution in [2.24, 2.45) is 0 Å². The average Bonchev–Trinajstić information content (AvgIpc) is 2.68. The topological polar surface area (TPSA) is 64.4 Å². The van der Waals surface area contributed by atoms with E-state index in [4.69, 9.17) is 5.26 Å². The Morgan fingerprint density at radius 3 is 2.36 bits per heavy atom. The quantitative estimate of drug-likeness (QED) is 0.677. The maximum absolute atomic E-state index is 11.8. The van der Waals surface area contributed by atoms with Gasteiger partial charge in [-0.3, -0.25) is 0 Å². The molecule has 1 aliphatic heterocycles. The van der Waals surface area contributed by atoms with E-state index in [0.29, 0.717) is 13.1 Å². The van der Waals surface area contributed by atoms with Gasteiger partial charge in [0.25, 0.3) is 10.2 Å². The highest BCUT2D eigenvalue weighted by Gasteiger charge is 2.31. The van der Waals surface area contributed by atoms with E-state index in [9.17, 15) is 8.42 Å². The summed E-state index contributed by atoms with van der Waals surface area (Å²) >= 11 is 0. The third-order valence-corrected chi connectivity index (χ3v) is 4.55. The van der Waals surface area contributed by atoms with Crippen LogP contribution in [0.5, 0.6) is 0 Å². The van der Waals surface area contributed by atoms with E-state index in [2.05, 4.69) is 0 Å². The lowest BCUT2D eigenvalue weighted by molar-refractivity contribution is 0.378. The lowest BCUT2D eigenvalue weighted by Crippen LogP contribution is -2.43. The first-order valence-electron chi connectivity index (χ1n) is 4.63. The Labute approximate surface area is 85.1 Å². The molecular weight excluding hydrogens is 202 g/mol. The molecule has 0 spiro atoms. The highest BCUT2D eigenvalue weighted by molar-refractivity contribution is 7.86. The number of hydrogen-bond donors (Lipinski definition) is 0. The highest BCUT2D eigenvalue weighted by Crippen LogP contribution is 2.16. The van der Waals surface area contributed by atoms with E-state index in [1.165, 1.54) is 11.4 Å². The summed E-state index contributed by atoms with van der Waals surface area (Å²) in [6, 6.07) is 1.30. The van der Waals surface area contributed by atoms with Crippen molar-refractivity contribution in [2.45, 2.75) is 25.8 Å². The maximum atomic E-state index is 11.8. The van der Waals surface area contributed by atoms with Gasteiger partial charge in [-0.1, -0.05) is 0 Å². The summed E-state index contributed by atoms with van der Waals surface area (Å²) in [6.07, 6.45) is 1.82. The first kappa shape index (κ1) is 11.4. The smallest absolute Gasteiger partial charge is 0.197 e. The van der Waals surface area contributed by atoms with Crippen molar-refractivity contribution in [3.8, 4) is 6.07 Å². The van der Waals surface area contributed by atoms with Crippen LogP contribution in [0.2, 0.25) is 0 Å². The number of nitriles is 1. The molecule has 0 bridgehead atoms. The molecule has 0 aromatic carbocycles. The van der Waals surface area contributed by atoms with Gasteiger partial charge in [0.2, 0.25) is 0 Å².